The van der Waals surface area contributed by atoms with Gasteiger partial charge in [-0.05, 0) is 47.9 Å². The molecule has 0 atom stereocenters. The number of aromatic nitrogens is 1. The first-order valence-electron chi connectivity index (χ1n) is 7.52. The largest absolute Gasteiger partial charge is 0.358 e. The Morgan fingerprint density at radius 1 is 0.913 bits per heavy atom. The minimum Gasteiger partial charge on any atom is -0.358 e. The summed E-state index contributed by atoms with van der Waals surface area (Å²) >= 11 is 12.3. The van der Waals surface area contributed by atoms with Crippen LogP contribution >= 0.6 is 35.6 Å². The van der Waals surface area contributed by atoms with Crippen molar-refractivity contribution < 1.29 is 0 Å². The van der Waals surface area contributed by atoms with Gasteiger partial charge in [-0.25, -0.2) is 0 Å². The minimum atomic E-state index is 0. The van der Waals surface area contributed by atoms with Crippen LogP contribution in [0.1, 0.15) is 11.3 Å². The van der Waals surface area contributed by atoms with Gasteiger partial charge < -0.3 is 10.3 Å². The molecule has 0 spiro atoms. The third kappa shape index (κ3) is 2.97. The Bertz CT molecular complexity index is 855. The van der Waals surface area contributed by atoms with E-state index in [1.165, 1.54) is 27.7 Å². The van der Waals surface area contributed by atoms with E-state index in [0.717, 1.165) is 31.5 Å². The Kier molecular flexibility index (Phi) is 4.88. The number of halogens is 3. The van der Waals surface area contributed by atoms with Crippen molar-refractivity contribution in [3.63, 3.8) is 0 Å². The van der Waals surface area contributed by atoms with E-state index in [-0.39, 0.29) is 12.4 Å². The molecule has 0 bridgehead atoms. The Labute approximate surface area is 151 Å². The Morgan fingerprint density at radius 2 is 1.74 bits per heavy atom. The molecule has 0 radical (unpaired) electrons. The maximum Gasteiger partial charge on any atom is 0.0598 e. The molecule has 0 unspecified atom stereocenters. The highest BCUT2D eigenvalue weighted by Crippen LogP contribution is 2.36. The molecule has 1 aliphatic heterocycles. The molecular formula is C18H17Cl3N2. The third-order valence-corrected chi connectivity index (χ3v) is 5.09. The first-order chi connectivity index (χ1) is 10.7. The molecule has 0 fully saturated rings. The van der Waals surface area contributed by atoms with Gasteiger partial charge in [-0.2, -0.15) is 0 Å². The van der Waals surface area contributed by atoms with Gasteiger partial charge in [0.25, 0.3) is 0 Å². The van der Waals surface area contributed by atoms with Crippen molar-refractivity contribution in [3.05, 3.63) is 57.7 Å². The fourth-order valence-electron chi connectivity index (χ4n) is 3.32. The molecule has 1 aliphatic rings. The second-order valence-electron chi connectivity index (χ2n) is 5.69. The number of nitrogens with one attached hydrogen (secondary N) is 2. The minimum absolute atomic E-state index is 0. The SMILES string of the molecule is Cl.Clc1ccc(-c2cccc3[nH]c4c(c23)CCNCC4)cc1Cl. The van der Waals surface area contributed by atoms with E-state index < -0.39 is 0 Å². The van der Waals surface area contributed by atoms with Crippen LogP contribution in [0.15, 0.2) is 36.4 Å². The molecular weight excluding hydrogens is 351 g/mol. The van der Waals surface area contributed by atoms with Crippen LogP contribution in [0.4, 0.5) is 0 Å². The van der Waals surface area contributed by atoms with Crippen molar-refractivity contribution in [1.29, 1.82) is 0 Å². The molecule has 2 N–H and O–H groups in total. The number of hydrogen-bond donors (Lipinski definition) is 2. The van der Waals surface area contributed by atoms with Gasteiger partial charge >= 0.3 is 0 Å². The van der Waals surface area contributed by atoms with Gasteiger partial charge in [0.2, 0.25) is 0 Å². The van der Waals surface area contributed by atoms with Crippen molar-refractivity contribution >= 4 is 46.5 Å². The zero-order valence-corrected chi connectivity index (χ0v) is 14.8. The maximum atomic E-state index is 6.21. The molecule has 4 rings (SSSR count). The predicted molar refractivity (Wildman–Crippen MR) is 101 cm³/mol. The highest BCUT2D eigenvalue weighted by molar-refractivity contribution is 6.42. The number of fused-ring (bicyclic) bond motifs is 3. The molecule has 2 heterocycles. The van der Waals surface area contributed by atoms with Crippen LogP contribution in [0.5, 0.6) is 0 Å². The summed E-state index contributed by atoms with van der Waals surface area (Å²) in [7, 11) is 0. The van der Waals surface area contributed by atoms with Crippen LogP contribution in [-0.4, -0.2) is 18.1 Å². The molecule has 2 aromatic carbocycles. The molecule has 23 heavy (non-hydrogen) atoms. The van der Waals surface area contributed by atoms with Crippen LogP contribution in [0.25, 0.3) is 22.0 Å². The van der Waals surface area contributed by atoms with Crippen molar-refractivity contribution in [2.24, 2.45) is 0 Å². The number of hydrogen-bond acceptors (Lipinski definition) is 1. The van der Waals surface area contributed by atoms with Crippen LogP contribution in [0.2, 0.25) is 10.0 Å². The van der Waals surface area contributed by atoms with E-state index in [1.807, 2.05) is 18.2 Å². The number of rotatable bonds is 1. The lowest BCUT2D eigenvalue weighted by atomic mass is 9.97. The van der Waals surface area contributed by atoms with Gasteiger partial charge in [-0.3, -0.25) is 0 Å². The summed E-state index contributed by atoms with van der Waals surface area (Å²) in [6.07, 6.45) is 2.10. The average Bonchev–Trinajstić information content (AvgIpc) is 2.72. The summed E-state index contributed by atoms with van der Waals surface area (Å²) < 4.78 is 0. The first kappa shape index (κ1) is 16.7. The van der Waals surface area contributed by atoms with Crippen molar-refractivity contribution in [2.45, 2.75) is 12.8 Å². The van der Waals surface area contributed by atoms with Crippen molar-refractivity contribution in [3.8, 4) is 11.1 Å². The number of H-pyrrole nitrogens is 1. The van der Waals surface area contributed by atoms with Crippen LogP contribution in [0, 0.1) is 0 Å². The highest BCUT2D eigenvalue weighted by atomic mass is 35.5. The van der Waals surface area contributed by atoms with Crippen molar-refractivity contribution in [1.82, 2.24) is 10.3 Å². The lowest BCUT2D eigenvalue weighted by Crippen LogP contribution is -2.16. The van der Waals surface area contributed by atoms with Gasteiger partial charge in [-0.15, -0.1) is 12.4 Å². The highest BCUT2D eigenvalue weighted by Gasteiger charge is 2.17. The predicted octanol–water partition coefficient (Wildman–Crippen LogP) is 5.25. The normalized spacial score (nSPS) is 14.2. The molecule has 1 aromatic heterocycles. The lowest BCUT2D eigenvalue weighted by Gasteiger charge is -2.08. The van der Waals surface area contributed by atoms with Gasteiger partial charge in [-0.1, -0.05) is 41.4 Å². The van der Waals surface area contributed by atoms with Gasteiger partial charge in [0.15, 0.2) is 0 Å². The van der Waals surface area contributed by atoms with Gasteiger partial charge in [0.1, 0.15) is 0 Å². The molecule has 0 amide bonds. The van der Waals surface area contributed by atoms with Gasteiger partial charge in [0, 0.05) is 29.6 Å². The summed E-state index contributed by atoms with van der Waals surface area (Å²) in [5, 5.41) is 5.97. The second kappa shape index (κ2) is 6.74. The van der Waals surface area contributed by atoms with Crippen LogP contribution < -0.4 is 5.32 Å². The molecule has 0 aliphatic carbocycles. The summed E-state index contributed by atoms with van der Waals surface area (Å²) in [6, 6.07) is 12.3. The maximum absolute atomic E-state index is 6.21. The van der Waals surface area contributed by atoms with E-state index in [2.05, 4.69) is 28.5 Å². The number of benzene rings is 2. The third-order valence-electron chi connectivity index (χ3n) is 4.35. The van der Waals surface area contributed by atoms with Crippen molar-refractivity contribution in [2.75, 3.05) is 13.1 Å². The fraction of sp³-hybridized carbons (Fsp3) is 0.222. The molecule has 120 valence electrons. The monoisotopic (exact) mass is 366 g/mol. The molecule has 5 heteroatoms. The fourth-order valence-corrected chi connectivity index (χ4v) is 3.61. The smallest absolute Gasteiger partial charge is 0.0598 e. The molecule has 0 saturated heterocycles. The molecule has 3 aromatic rings. The topological polar surface area (TPSA) is 27.8 Å². The number of aromatic amines is 1. The first-order valence-corrected chi connectivity index (χ1v) is 8.28. The lowest BCUT2D eigenvalue weighted by molar-refractivity contribution is 0.708. The summed E-state index contributed by atoms with van der Waals surface area (Å²) in [5.41, 5.74) is 6.32. The zero-order chi connectivity index (χ0) is 15.1. The average molecular weight is 368 g/mol. The van der Waals surface area contributed by atoms with E-state index in [1.54, 1.807) is 0 Å². The Hall–Kier alpha value is -1.19. The quantitative estimate of drug-likeness (QED) is 0.604. The standard InChI is InChI=1S/C18H16Cl2N2.ClH/c19-14-5-4-11(10-15(14)20)12-2-1-3-17-18(12)13-6-8-21-9-7-16(13)22-17;/h1-5,10,21-22H,6-9H2;1H. The Morgan fingerprint density at radius 3 is 2.57 bits per heavy atom. The summed E-state index contributed by atoms with van der Waals surface area (Å²) in [5.74, 6) is 0. The van der Waals surface area contributed by atoms with Crippen LogP contribution in [-0.2, 0) is 12.8 Å². The van der Waals surface area contributed by atoms with E-state index in [9.17, 15) is 0 Å². The summed E-state index contributed by atoms with van der Waals surface area (Å²) in [6.45, 7) is 2.05. The molecule has 2 nitrogen and oxygen atoms in total. The Balaban J connectivity index is 0.00000156. The van der Waals surface area contributed by atoms with E-state index in [0.29, 0.717) is 10.0 Å². The zero-order valence-electron chi connectivity index (χ0n) is 12.5. The summed E-state index contributed by atoms with van der Waals surface area (Å²) in [4.78, 5) is 3.59. The van der Waals surface area contributed by atoms with Gasteiger partial charge in [0.05, 0.1) is 10.0 Å². The van der Waals surface area contributed by atoms with Crippen LogP contribution in [0.3, 0.4) is 0 Å². The van der Waals surface area contributed by atoms with E-state index >= 15 is 0 Å². The molecule has 0 saturated carbocycles. The van der Waals surface area contributed by atoms with E-state index in [4.69, 9.17) is 23.2 Å². The second-order valence-corrected chi connectivity index (χ2v) is 6.50.